The lowest BCUT2D eigenvalue weighted by Gasteiger charge is -2.33. The van der Waals surface area contributed by atoms with E-state index in [2.05, 4.69) is 20.3 Å². The first kappa shape index (κ1) is 15.2. The number of aromatic nitrogens is 3. The average molecular weight is 312 g/mol. The summed E-state index contributed by atoms with van der Waals surface area (Å²) in [5.74, 6) is 1.10. The highest BCUT2D eigenvalue weighted by molar-refractivity contribution is 5.94. The third kappa shape index (κ3) is 3.56. The molecule has 1 aliphatic heterocycles. The van der Waals surface area contributed by atoms with Gasteiger partial charge in [-0.3, -0.25) is 9.78 Å². The molecule has 0 aliphatic carbocycles. The van der Waals surface area contributed by atoms with Crippen LogP contribution >= 0.6 is 0 Å². The van der Waals surface area contributed by atoms with Gasteiger partial charge in [0.25, 0.3) is 5.91 Å². The molecular formula is C16H20N6O. The van der Waals surface area contributed by atoms with Crippen LogP contribution in [0.2, 0.25) is 0 Å². The highest BCUT2D eigenvalue weighted by Crippen LogP contribution is 2.19. The number of nitrogens with one attached hydrogen (secondary N) is 1. The summed E-state index contributed by atoms with van der Waals surface area (Å²) in [7, 11) is 0. The van der Waals surface area contributed by atoms with Crippen LogP contribution in [0, 0.1) is 6.92 Å². The standard InChI is InChI=1S/C16H20N6O/c1-11-10-19-16(17)21-14(11)20-13-4-8-22(9-5-13)15(23)12-2-6-18-7-3-12/h2-3,6-7,10,13H,4-5,8-9H2,1H3,(H3,17,19,20,21). The van der Waals surface area contributed by atoms with E-state index < -0.39 is 0 Å². The van der Waals surface area contributed by atoms with Crippen LogP contribution in [0.4, 0.5) is 11.8 Å². The molecule has 0 spiro atoms. The minimum Gasteiger partial charge on any atom is -0.368 e. The summed E-state index contributed by atoms with van der Waals surface area (Å²) in [6.07, 6.45) is 6.75. The van der Waals surface area contributed by atoms with Crippen molar-refractivity contribution in [1.82, 2.24) is 19.9 Å². The maximum Gasteiger partial charge on any atom is 0.253 e. The molecule has 1 amide bonds. The first-order valence-corrected chi connectivity index (χ1v) is 7.68. The maximum absolute atomic E-state index is 12.4. The highest BCUT2D eigenvalue weighted by atomic mass is 16.2. The molecule has 7 nitrogen and oxygen atoms in total. The van der Waals surface area contributed by atoms with Crippen molar-refractivity contribution in [3.8, 4) is 0 Å². The summed E-state index contributed by atoms with van der Waals surface area (Å²) >= 11 is 0. The number of likely N-dealkylation sites (tertiary alicyclic amines) is 1. The fourth-order valence-electron chi connectivity index (χ4n) is 2.70. The molecular weight excluding hydrogens is 292 g/mol. The van der Waals surface area contributed by atoms with Crippen molar-refractivity contribution in [2.45, 2.75) is 25.8 Å². The van der Waals surface area contributed by atoms with Crippen LogP contribution in [0.25, 0.3) is 0 Å². The molecule has 1 saturated heterocycles. The molecule has 3 heterocycles. The van der Waals surface area contributed by atoms with Gasteiger partial charge in [-0.1, -0.05) is 0 Å². The molecule has 0 unspecified atom stereocenters. The van der Waals surface area contributed by atoms with E-state index in [4.69, 9.17) is 5.73 Å². The van der Waals surface area contributed by atoms with E-state index in [-0.39, 0.29) is 17.9 Å². The van der Waals surface area contributed by atoms with Gasteiger partial charge in [0.2, 0.25) is 5.95 Å². The minimum absolute atomic E-state index is 0.0633. The molecule has 0 aromatic carbocycles. The van der Waals surface area contributed by atoms with Crippen LogP contribution in [0.3, 0.4) is 0 Å². The van der Waals surface area contributed by atoms with Crippen molar-refractivity contribution in [3.63, 3.8) is 0 Å². The zero-order valence-electron chi connectivity index (χ0n) is 13.1. The summed E-state index contributed by atoms with van der Waals surface area (Å²) < 4.78 is 0. The molecule has 2 aromatic rings. The zero-order valence-corrected chi connectivity index (χ0v) is 13.1. The van der Waals surface area contributed by atoms with E-state index in [1.54, 1.807) is 30.7 Å². The monoisotopic (exact) mass is 312 g/mol. The van der Waals surface area contributed by atoms with E-state index >= 15 is 0 Å². The fraction of sp³-hybridized carbons (Fsp3) is 0.375. The number of hydrogen-bond donors (Lipinski definition) is 2. The summed E-state index contributed by atoms with van der Waals surface area (Å²) in [6.45, 7) is 3.39. The quantitative estimate of drug-likeness (QED) is 0.891. The van der Waals surface area contributed by atoms with Gasteiger partial charge in [-0.2, -0.15) is 4.98 Å². The van der Waals surface area contributed by atoms with E-state index in [0.717, 1.165) is 37.3 Å². The molecule has 3 N–H and O–H groups in total. The lowest BCUT2D eigenvalue weighted by atomic mass is 10.0. The molecule has 0 saturated carbocycles. The number of pyridine rings is 1. The van der Waals surface area contributed by atoms with Gasteiger partial charge in [-0.15, -0.1) is 0 Å². The van der Waals surface area contributed by atoms with Crippen LogP contribution in [0.1, 0.15) is 28.8 Å². The Kier molecular flexibility index (Phi) is 4.36. The van der Waals surface area contributed by atoms with Crippen molar-refractivity contribution in [1.29, 1.82) is 0 Å². The number of carbonyl (C=O) groups excluding carboxylic acids is 1. The van der Waals surface area contributed by atoms with Crippen LogP contribution in [0.5, 0.6) is 0 Å². The first-order valence-electron chi connectivity index (χ1n) is 7.68. The molecule has 23 heavy (non-hydrogen) atoms. The summed E-state index contributed by atoms with van der Waals surface area (Å²) in [5.41, 5.74) is 7.29. The Hall–Kier alpha value is -2.70. The number of aryl methyl sites for hydroxylation is 1. The summed E-state index contributed by atoms with van der Waals surface area (Å²) in [5, 5.41) is 3.41. The minimum atomic E-state index is 0.0633. The predicted octanol–water partition coefficient (Wildman–Crippen LogP) is 1.48. The van der Waals surface area contributed by atoms with Gasteiger partial charge in [0, 0.05) is 48.8 Å². The van der Waals surface area contributed by atoms with Crippen molar-refractivity contribution < 1.29 is 4.79 Å². The fourth-order valence-corrected chi connectivity index (χ4v) is 2.70. The smallest absolute Gasteiger partial charge is 0.253 e. The lowest BCUT2D eigenvalue weighted by Crippen LogP contribution is -2.42. The number of carbonyl (C=O) groups is 1. The average Bonchev–Trinajstić information content (AvgIpc) is 2.59. The Morgan fingerprint density at radius 1 is 1.30 bits per heavy atom. The van der Waals surface area contributed by atoms with Crippen molar-refractivity contribution in [2.24, 2.45) is 0 Å². The van der Waals surface area contributed by atoms with Gasteiger partial charge in [-0.25, -0.2) is 4.98 Å². The van der Waals surface area contributed by atoms with Crippen LogP contribution in [-0.4, -0.2) is 44.9 Å². The number of nitrogen functional groups attached to an aromatic ring is 1. The number of nitrogens with zero attached hydrogens (tertiary/aromatic N) is 4. The van der Waals surface area contributed by atoms with E-state index in [1.165, 1.54) is 0 Å². The Bertz CT molecular complexity index is 682. The topological polar surface area (TPSA) is 97.0 Å². The zero-order chi connectivity index (χ0) is 16.2. The molecule has 2 aromatic heterocycles. The second-order valence-electron chi connectivity index (χ2n) is 5.71. The lowest BCUT2D eigenvalue weighted by molar-refractivity contribution is 0.0718. The number of rotatable bonds is 3. The Morgan fingerprint density at radius 2 is 2.00 bits per heavy atom. The molecule has 3 rings (SSSR count). The van der Waals surface area contributed by atoms with Crippen molar-refractivity contribution in [2.75, 3.05) is 24.1 Å². The normalized spacial score (nSPS) is 15.4. The number of anilines is 2. The Labute approximate surface area is 135 Å². The number of nitrogens with two attached hydrogens (primary N) is 1. The van der Waals surface area contributed by atoms with Crippen molar-refractivity contribution >= 4 is 17.7 Å². The third-order valence-electron chi connectivity index (χ3n) is 4.04. The maximum atomic E-state index is 12.4. The van der Waals surface area contributed by atoms with Gasteiger partial charge in [-0.05, 0) is 31.9 Å². The van der Waals surface area contributed by atoms with E-state index in [0.29, 0.717) is 5.56 Å². The van der Waals surface area contributed by atoms with Gasteiger partial charge in [0.1, 0.15) is 5.82 Å². The SMILES string of the molecule is Cc1cnc(N)nc1NC1CCN(C(=O)c2ccncc2)CC1. The Balaban J connectivity index is 1.58. The predicted molar refractivity (Wildman–Crippen MR) is 88.0 cm³/mol. The molecule has 1 fully saturated rings. The third-order valence-corrected chi connectivity index (χ3v) is 4.04. The Morgan fingerprint density at radius 3 is 2.70 bits per heavy atom. The second kappa shape index (κ2) is 6.60. The second-order valence-corrected chi connectivity index (χ2v) is 5.71. The van der Waals surface area contributed by atoms with Crippen LogP contribution < -0.4 is 11.1 Å². The van der Waals surface area contributed by atoms with E-state index in [9.17, 15) is 4.79 Å². The summed E-state index contributed by atoms with van der Waals surface area (Å²) in [4.78, 5) is 26.4. The van der Waals surface area contributed by atoms with Crippen molar-refractivity contribution in [3.05, 3.63) is 41.9 Å². The molecule has 120 valence electrons. The number of piperidine rings is 1. The molecule has 0 bridgehead atoms. The number of amides is 1. The van der Waals surface area contributed by atoms with Gasteiger partial charge < -0.3 is 16.0 Å². The van der Waals surface area contributed by atoms with Crippen LogP contribution in [0.15, 0.2) is 30.7 Å². The van der Waals surface area contributed by atoms with Gasteiger partial charge >= 0.3 is 0 Å². The first-order chi connectivity index (χ1) is 11.1. The highest BCUT2D eigenvalue weighted by Gasteiger charge is 2.24. The molecule has 0 atom stereocenters. The van der Waals surface area contributed by atoms with Crippen LogP contribution in [-0.2, 0) is 0 Å². The van der Waals surface area contributed by atoms with E-state index in [1.807, 2.05) is 11.8 Å². The molecule has 7 heteroatoms. The molecule has 1 aliphatic rings. The summed E-state index contributed by atoms with van der Waals surface area (Å²) in [6, 6.07) is 3.78. The largest absolute Gasteiger partial charge is 0.368 e. The van der Waals surface area contributed by atoms with Gasteiger partial charge in [0.05, 0.1) is 0 Å². The number of hydrogen-bond acceptors (Lipinski definition) is 6. The molecule has 0 radical (unpaired) electrons. The van der Waals surface area contributed by atoms with Gasteiger partial charge in [0.15, 0.2) is 0 Å².